The largest absolute Gasteiger partial charge is 0.649 e. The van der Waals surface area contributed by atoms with Crippen molar-refractivity contribution >= 4 is 30.3 Å². The lowest BCUT2D eigenvalue weighted by Gasteiger charge is -2.11. The van der Waals surface area contributed by atoms with Gasteiger partial charge in [-0.25, -0.2) is 0 Å². The van der Waals surface area contributed by atoms with Gasteiger partial charge in [0, 0.05) is 12.2 Å². The van der Waals surface area contributed by atoms with E-state index in [2.05, 4.69) is 0 Å². The van der Waals surface area contributed by atoms with Crippen LogP contribution in [-0.4, -0.2) is 19.5 Å². The molecule has 1 fully saturated rings. The molecule has 0 bridgehead atoms. The molecule has 2 unspecified atom stereocenters. The average molecular weight is 270 g/mol. The standard InChI is InChI=1S/C6H12BIO3/c1-5-3-4-6(2)10-7(9-5)11-8/h5-6H,3-4H2,1-2H3. The fourth-order valence-electron chi connectivity index (χ4n) is 1.06. The average Bonchev–Trinajstić information content (AvgIpc) is 2.13. The molecule has 3 nitrogen and oxygen atoms in total. The van der Waals surface area contributed by atoms with Crippen LogP contribution in [0, 0.1) is 0 Å². The predicted octanol–water partition coefficient (Wildman–Crippen LogP) is 1.94. The van der Waals surface area contributed by atoms with Crippen LogP contribution in [0.25, 0.3) is 0 Å². The zero-order valence-electron chi connectivity index (χ0n) is 6.75. The third-order valence-electron chi connectivity index (χ3n) is 1.74. The molecule has 0 aromatic rings. The molecule has 1 saturated heterocycles. The van der Waals surface area contributed by atoms with Crippen LogP contribution >= 0.6 is 23.0 Å². The van der Waals surface area contributed by atoms with Gasteiger partial charge in [0.2, 0.25) is 0 Å². The molecule has 0 aromatic heterocycles. The van der Waals surface area contributed by atoms with Crippen molar-refractivity contribution in [3.8, 4) is 0 Å². The summed E-state index contributed by atoms with van der Waals surface area (Å²) in [6.07, 6.45) is 2.55. The van der Waals surface area contributed by atoms with E-state index in [9.17, 15) is 0 Å². The molecule has 0 radical (unpaired) electrons. The van der Waals surface area contributed by atoms with Gasteiger partial charge in [-0.3, -0.25) is 0 Å². The topological polar surface area (TPSA) is 27.7 Å². The van der Waals surface area contributed by atoms with Gasteiger partial charge in [-0.1, -0.05) is 0 Å². The second kappa shape index (κ2) is 4.64. The maximum Gasteiger partial charge on any atom is 0.649 e. The van der Waals surface area contributed by atoms with Crippen molar-refractivity contribution in [2.75, 3.05) is 0 Å². The van der Waals surface area contributed by atoms with Gasteiger partial charge in [-0.2, -0.15) is 0 Å². The summed E-state index contributed by atoms with van der Waals surface area (Å²) in [6, 6.07) is 0. The molecule has 0 saturated carbocycles. The van der Waals surface area contributed by atoms with Crippen LogP contribution < -0.4 is 0 Å². The smallest absolute Gasteiger partial charge is 0.383 e. The van der Waals surface area contributed by atoms with Gasteiger partial charge in [0.15, 0.2) is 0 Å². The predicted molar refractivity (Wildman–Crippen MR) is 51.2 cm³/mol. The fourth-order valence-corrected chi connectivity index (χ4v) is 1.30. The minimum absolute atomic E-state index is 0.236. The van der Waals surface area contributed by atoms with Crippen molar-refractivity contribution in [1.82, 2.24) is 0 Å². The number of halogens is 1. The van der Waals surface area contributed by atoms with E-state index in [1.165, 1.54) is 0 Å². The molecule has 1 aliphatic rings. The van der Waals surface area contributed by atoms with Crippen LogP contribution in [-0.2, 0) is 12.3 Å². The van der Waals surface area contributed by atoms with Gasteiger partial charge in [0.05, 0.1) is 23.0 Å². The third kappa shape index (κ3) is 3.27. The van der Waals surface area contributed by atoms with E-state index in [0.29, 0.717) is 0 Å². The van der Waals surface area contributed by atoms with E-state index >= 15 is 0 Å². The normalized spacial score (nSPS) is 33.5. The van der Waals surface area contributed by atoms with E-state index in [4.69, 9.17) is 12.3 Å². The highest BCUT2D eigenvalue weighted by Crippen LogP contribution is 2.16. The second-order valence-corrected chi connectivity index (χ2v) is 3.36. The quantitative estimate of drug-likeness (QED) is 0.538. The summed E-state index contributed by atoms with van der Waals surface area (Å²) in [4.78, 5) is 0. The van der Waals surface area contributed by atoms with Crippen molar-refractivity contribution in [3.05, 3.63) is 0 Å². The van der Waals surface area contributed by atoms with Crippen molar-refractivity contribution in [2.45, 2.75) is 38.9 Å². The Labute approximate surface area is 81.6 Å². The molecule has 5 heteroatoms. The SMILES string of the molecule is CC1CCC(C)OB(OI)O1. The zero-order valence-corrected chi connectivity index (χ0v) is 8.91. The highest BCUT2D eigenvalue weighted by Gasteiger charge is 2.29. The molecule has 64 valence electrons. The molecule has 0 aromatic carbocycles. The van der Waals surface area contributed by atoms with Crippen LogP contribution in [0.5, 0.6) is 0 Å². The summed E-state index contributed by atoms with van der Waals surface area (Å²) in [6.45, 7) is 4.06. The van der Waals surface area contributed by atoms with Gasteiger partial charge < -0.3 is 12.3 Å². The monoisotopic (exact) mass is 270 g/mol. The summed E-state index contributed by atoms with van der Waals surface area (Å²) >= 11 is 1.79. The van der Waals surface area contributed by atoms with Gasteiger partial charge in [-0.15, -0.1) is 0 Å². The molecular formula is C6H12BIO3. The van der Waals surface area contributed by atoms with Crippen molar-refractivity contribution in [2.24, 2.45) is 0 Å². The first-order valence-electron chi connectivity index (χ1n) is 3.80. The minimum Gasteiger partial charge on any atom is -0.383 e. The van der Waals surface area contributed by atoms with Crippen LogP contribution in [0.15, 0.2) is 0 Å². The minimum atomic E-state index is -0.483. The van der Waals surface area contributed by atoms with Gasteiger partial charge >= 0.3 is 7.32 Å². The van der Waals surface area contributed by atoms with Crippen molar-refractivity contribution < 1.29 is 12.3 Å². The summed E-state index contributed by atoms with van der Waals surface area (Å²) in [5, 5.41) is 0. The molecule has 2 atom stereocenters. The van der Waals surface area contributed by atoms with Gasteiger partial charge in [0.1, 0.15) is 0 Å². The molecule has 1 rings (SSSR count). The lowest BCUT2D eigenvalue weighted by molar-refractivity contribution is 0.118. The molecule has 0 aliphatic carbocycles. The summed E-state index contributed by atoms with van der Waals surface area (Å²) in [5.74, 6) is 0. The molecule has 0 N–H and O–H groups in total. The van der Waals surface area contributed by atoms with Crippen LogP contribution in [0.2, 0.25) is 0 Å². The van der Waals surface area contributed by atoms with Crippen LogP contribution in [0.3, 0.4) is 0 Å². The first-order valence-corrected chi connectivity index (χ1v) is 4.68. The fraction of sp³-hybridized carbons (Fsp3) is 1.00. The van der Waals surface area contributed by atoms with Gasteiger partial charge in [0.25, 0.3) is 0 Å². The second-order valence-electron chi connectivity index (χ2n) is 2.85. The Morgan fingerprint density at radius 1 is 1.27 bits per heavy atom. The Morgan fingerprint density at radius 2 is 1.73 bits per heavy atom. The first-order chi connectivity index (χ1) is 5.22. The maximum atomic E-state index is 5.38. The first kappa shape index (κ1) is 9.76. The maximum absolute atomic E-state index is 5.38. The summed E-state index contributed by atoms with van der Waals surface area (Å²) in [5.41, 5.74) is 0. The van der Waals surface area contributed by atoms with Crippen molar-refractivity contribution in [1.29, 1.82) is 0 Å². The molecule has 11 heavy (non-hydrogen) atoms. The molecular weight excluding hydrogens is 258 g/mol. The van der Waals surface area contributed by atoms with E-state index in [1.807, 2.05) is 13.8 Å². The van der Waals surface area contributed by atoms with E-state index in [-0.39, 0.29) is 12.2 Å². The number of rotatable bonds is 1. The highest BCUT2D eigenvalue weighted by molar-refractivity contribution is 14.1. The lowest BCUT2D eigenvalue weighted by Crippen LogP contribution is -2.27. The Morgan fingerprint density at radius 3 is 2.09 bits per heavy atom. The Kier molecular flexibility index (Phi) is 4.12. The Bertz CT molecular complexity index is 112. The van der Waals surface area contributed by atoms with Crippen molar-refractivity contribution in [3.63, 3.8) is 0 Å². The van der Waals surface area contributed by atoms with E-state index in [0.717, 1.165) is 12.8 Å². The third-order valence-corrected chi connectivity index (χ3v) is 2.15. The number of hydrogen-bond acceptors (Lipinski definition) is 3. The van der Waals surface area contributed by atoms with Gasteiger partial charge in [-0.05, 0) is 26.7 Å². The highest BCUT2D eigenvalue weighted by atomic mass is 127. The molecule has 1 heterocycles. The molecule has 0 spiro atoms. The van der Waals surface area contributed by atoms with E-state index in [1.54, 1.807) is 23.0 Å². The molecule has 0 amide bonds. The number of hydrogen-bond donors (Lipinski definition) is 0. The Balaban J connectivity index is 2.41. The molecule has 1 aliphatic heterocycles. The van der Waals surface area contributed by atoms with Crippen LogP contribution in [0.4, 0.5) is 0 Å². The lowest BCUT2D eigenvalue weighted by atomic mass is 10.1. The summed E-state index contributed by atoms with van der Waals surface area (Å²) < 4.78 is 15.7. The van der Waals surface area contributed by atoms with Crippen LogP contribution in [0.1, 0.15) is 26.7 Å². The zero-order chi connectivity index (χ0) is 8.27. The van der Waals surface area contributed by atoms with E-state index < -0.39 is 7.32 Å². The summed E-state index contributed by atoms with van der Waals surface area (Å²) in [7, 11) is -0.483. The Hall–Kier alpha value is 0.675.